The Labute approximate surface area is 294 Å². The summed E-state index contributed by atoms with van der Waals surface area (Å²) in [5.74, 6) is -0.650. The van der Waals surface area contributed by atoms with E-state index in [1.165, 1.54) is 41.3 Å². The molecule has 0 fully saturated rings. The Hall–Kier alpha value is -4.48. The predicted octanol–water partition coefficient (Wildman–Crippen LogP) is 8.68. The SMILES string of the molecule is COC(=O)c1c(NC(=O)C(Sc2cccc(NC(=S)Nc3ccc(C)cc3)c2)c2ccccc2)sc2c1CCN(Cc1ccccc1)C2. The first-order chi connectivity index (χ1) is 23.4. The second-order valence-corrected chi connectivity index (χ2v) is 14.2. The summed E-state index contributed by atoms with van der Waals surface area (Å²) >= 11 is 8.46. The van der Waals surface area contributed by atoms with Gasteiger partial charge < -0.3 is 20.7 Å². The molecule has 0 saturated carbocycles. The van der Waals surface area contributed by atoms with E-state index in [1.807, 2.05) is 104 Å². The summed E-state index contributed by atoms with van der Waals surface area (Å²) in [4.78, 5) is 31.6. The Morgan fingerprint density at radius 1 is 0.896 bits per heavy atom. The van der Waals surface area contributed by atoms with Crippen molar-refractivity contribution in [2.45, 2.75) is 36.6 Å². The molecule has 1 amide bonds. The van der Waals surface area contributed by atoms with E-state index < -0.39 is 11.2 Å². The Bertz CT molecular complexity index is 1900. The molecule has 1 unspecified atom stereocenters. The summed E-state index contributed by atoms with van der Waals surface area (Å²) in [5, 5.41) is 10.0. The summed E-state index contributed by atoms with van der Waals surface area (Å²) in [5.41, 5.74) is 6.39. The molecule has 3 N–H and O–H groups in total. The highest BCUT2D eigenvalue weighted by Crippen LogP contribution is 2.41. The minimum Gasteiger partial charge on any atom is -0.465 e. The van der Waals surface area contributed by atoms with E-state index >= 15 is 0 Å². The predicted molar refractivity (Wildman–Crippen MR) is 201 cm³/mol. The highest BCUT2D eigenvalue weighted by molar-refractivity contribution is 8.00. The van der Waals surface area contributed by atoms with Gasteiger partial charge in [-0.1, -0.05) is 84.4 Å². The van der Waals surface area contributed by atoms with Crippen LogP contribution in [0.15, 0.2) is 114 Å². The molecule has 1 aromatic heterocycles. The molecule has 2 heterocycles. The van der Waals surface area contributed by atoms with E-state index in [2.05, 4.69) is 33.0 Å². The zero-order chi connectivity index (χ0) is 33.5. The lowest BCUT2D eigenvalue weighted by Gasteiger charge is -2.27. The Morgan fingerprint density at radius 3 is 2.33 bits per heavy atom. The number of esters is 1. The first-order valence-corrected chi connectivity index (χ1v) is 17.7. The van der Waals surface area contributed by atoms with Crippen molar-refractivity contribution in [3.05, 3.63) is 142 Å². The molecule has 48 heavy (non-hydrogen) atoms. The number of nitrogens with one attached hydrogen (secondary N) is 3. The van der Waals surface area contributed by atoms with Gasteiger partial charge in [0.25, 0.3) is 0 Å². The zero-order valence-corrected chi connectivity index (χ0v) is 29.1. The van der Waals surface area contributed by atoms with E-state index in [0.29, 0.717) is 28.6 Å². The number of hydrogen-bond acceptors (Lipinski definition) is 7. The molecule has 0 aliphatic carbocycles. The monoisotopic (exact) mass is 692 g/mol. The number of rotatable bonds is 10. The van der Waals surface area contributed by atoms with Crippen LogP contribution in [0, 0.1) is 6.92 Å². The average Bonchev–Trinajstić information content (AvgIpc) is 3.45. The molecule has 1 aliphatic heterocycles. The number of ether oxygens (including phenoxy) is 1. The van der Waals surface area contributed by atoms with Crippen LogP contribution in [0.2, 0.25) is 0 Å². The van der Waals surface area contributed by atoms with Crippen LogP contribution in [-0.4, -0.2) is 35.5 Å². The highest BCUT2D eigenvalue weighted by atomic mass is 32.2. The number of methoxy groups -OCH3 is 1. The third kappa shape index (κ3) is 8.32. The number of nitrogens with zero attached hydrogens (tertiary/aromatic N) is 1. The molecule has 0 radical (unpaired) electrons. The largest absolute Gasteiger partial charge is 0.465 e. The van der Waals surface area contributed by atoms with Crippen LogP contribution in [0.1, 0.15) is 42.7 Å². The van der Waals surface area contributed by atoms with Gasteiger partial charge in [0.1, 0.15) is 10.3 Å². The van der Waals surface area contributed by atoms with Crippen molar-refractivity contribution in [2.75, 3.05) is 29.6 Å². The van der Waals surface area contributed by atoms with Crippen molar-refractivity contribution in [1.29, 1.82) is 0 Å². The number of carbonyl (C=O) groups excluding carboxylic acids is 2. The van der Waals surface area contributed by atoms with Crippen LogP contribution >= 0.6 is 35.3 Å². The number of anilines is 3. The lowest BCUT2D eigenvalue weighted by atomic mass is 10.0. The normalized spacial score (nSPS) is 13.2. The topological polar surface area (TPSA) is 82.7 Å². The fraction of sp³-hybridized carbons (Fsp3) is 0.184. The maximum atomic E-state index is 14.2. The molecule has 0 bridgehead atoms. The molecule has 0 spiro atoms. The first-order valence-electron chi connectivity index (χ1n) is 15.6. The number of thioether (sulfide) groups is 1. The van der Waals surface area contributed by atoms with Crippen molar-refractivity contribution in [3.63, 3.8) is 0 Å². The second kappa shape index (κ2) is 15.6. The maximum absolute atomic E-state index is 14.2. The van der Waals surface area contributed by atoms with E-state index in [1.54, 1.807) is 0 Å². The molecule has 0 saturated heterocycles. The number of thiocarbonyl (C=S) groups is 1. The molecule has 4 aromatic carbocycles. The number of fused-ring (bicyclic) bond motifs is 1. The summed E-state index contributed by atoms with van der Waals surface area (Å²) < 4.78 is 5.21. The van der Waals surface area contributed by atoms with Gasteiger partial charge in [-0.3, -0.25) is 9.69 Å². The van der Waals surface area contributed by atoms with Crippen LogP contribution in [0.3, 0.4) is 0 Å². The van der Waals surface area contributed by atoms with Gasteiger partial charge in [-0.2, -0.15) is 0 Å². The molecule has 6 rings (SSSR count). The number of hydrogen-bond donors (Lipinski definition) is 3. The molecular weight excluding hydrogens is 657 g/mol. The summed E-state index contributed by atoms with van der Waals surface area (Å²) in [6.45, 7) is 4.37. The van der Waals surface area contributed by atoms with Gasteiger partial charge in [0, 0.05) is 40.8 Å². The Morgan fingerprint density at radius 2 is 1.60 bits per heavy atom. The van der Waals surface area contributed by atoms with E-state index in [0.717, 1.165) is 45.4 Å². The van der Waals surface area contributed by atoms with Gasteiger partial charge in [-0.15, -0.1) is 23.1 Å². The molecule has 10 heteroatoms. The van der Waals surface area contributed by atoms with E-state index in [9.17, 15) is 9.59 Å². The van der Waals surface area contributed by atoms with Crippen LogP contribution in [0.5, 0.6) is 0 Å². The smallest absolute Gasteiger partial charge is 0.341 e. The number of thiophene rings is 1. The minimum absolute atomic E-state index is 0.217. The molecule has 244 valence electrons. The number of amides is 1. The first kappa shape index (κ1) is 33.4. The summed E-state index contributed by atoms with van der Waals surface area (Å²) in [6.07, 6.45) is 0.705. The van der Waals surface area contributed by atoms with Gasteiger partial charge in [-0.05, 0) is 72.6 Å². The summed E-state index contributed by atoms with van der Waals surface area (Å²) in [7, 11) is 1.38. The minimum atomic E-state index is -0.585. The van der Waals surface area contributed by atoms with Crippen molar-refractivity contribution >= 4 is 68.7 Å². The van der Waals surface area contributed by atoms with Crippen LogP contribution in [0.4, 0.5) is 16.4 Å². The number of benzene rings is 4. The standard InChI is InChI=1S/C38H36N4O3S3/c1-25-16-18-28(19-17-25)39-38(46)40-29-14-9-15-30(22-29)47-34(27-12-7-4-8-13-27)35(43)41-36-33(37(44)45-2)31-20-21-42(24-32(31)48-36)23-26-10-5-3-6-11-26/h3-19,22,34H,20-21,23-24H2,1-2H3,(H,41,43)(H2,39,40,46). The molecule has 5 aromatic rings. The van der Waals surface area contributed by atoms with Gasteiger partial charge in [0.2, 0.25) is 5.91 Å². The lowest BCUT2D eigenvalue weighted by Crippen LogP contribution is -2.29. The van der Waals surface area contributed by atoms with E-state index in [-0.39, 0.29) is 5.91 Å². The molecule has 1 aliphatic rings. The van der Waals surface area contributed by atoms with Crippen molar-refractivity contribution < 1.29 is 14.3 Å². The number of carbonyl (C=O) groups is 2. The highest BCUT2D eigenvalue weighted by Gasteiger charge is 2.31. The van der Waals surface area contributed by atoms with Crippen LogP contribution in [0.25, 0.3) is 0 Å². The Kier molecular flexibility index (Phi) is 10.9. The van der Waals surface area contributed by atoms with Gasteiger partial charge in [-0.25, -0.2) is 4.79 Å². The van der Waals surface area contributed by atoms with Crippen LogP contribution < -0.4 is 16.0 Å². The molecular formula is C38H36N4O3S3. The van der Waals surface area contributed by atoms with Gasteiger partial charge in [0.05, 0.1) is 12.7 Å². The Balaban J connectivity index is 1.21. The zero-order valence-electron chi connectivity index (χ0n) is 26.7. The molecule has 1 atom stereocenters. The van der Waals surface area contributed by atoms with Crippen LogP contribution in [-0.2, 0) is 29.0 Å². The fourth-order valence-electron chi connectivity index (χ4n) is 5.63. The fourth-order valence-corrected chi connectivity index (χ4v) is 8.23. The lowest BCUT2D eigenvalue weighted by molar-refractivity contribution is -0.115. The third-order valence-corrected chi connectivity index (χ3v) is 10.6. The van der Waals surface area contributed by atoms with Crippen molar-refractivity contribution in [3.8, 4) is 0 Å². The van der Waals surface area contributed by atoms with Crippen molar-refractivity contribution in [2.24, 2.45) is 0 Å². The number of aryl methyl sites for hydroxylation is 1. The average molecular weight is 693 g/mol. The van der Waals surface area contributed by atoms with Crippen molar-refractivity contribution in [1.82, 2.24) is 4.90 Å². The van der Waals surface area contributed by atoms with E-state index in [4.69, 9.17) is 17.0 Å². The third-order valence-electron chi connectivity index (χ3n) is 8.01. The molecule has 7 nitrogen and oxygen atoms in total. The van der Waals surface area contributed by atoms with Gasteiger partial charge in [0.15, 0.2) is 5.11 Å². The maximum Gasteiger partial charge on any atom is 0.341 e. The quantitative estimate of drug-likeness (QED) is 0.0762. The second-order valence-electron chi connectivity index (χ2n) is 11.5. The van der Waals surface area contributed by atoms with Gasteiger partial charge >= 0.3 is 5.97 Å². The summed E-state index contributed by atoms with van der Waals surface area (Å²) in [6, 6.07) is 35.9.